The molecule has 0 saturated carbocycles. The average molecular weight is 433 g/mol. The SMILES string of the molecule is CC(SC(C)C(=O)N/N=C/c1ccc(C#N)cc1)C(=O)N/N=C\c1ccc(C#N)cc1. The topological polar surface area (TPSA) is 130 Å². The van der Waals surface area contributed by atoms with Gasteiger partial charge in [-0.3, -0.25) is 9.59 Å². The van der Waals surface area contributed by atoms with Crippen molar-refractivity contribution in [3.05, 3.63) is 70.8 Å². The number of amides is 2. The lowest BCUT2D eigenvalue weighted by Gasteiger charge is -2.14. The van der Waals surface area contributed by atoms with E-state index in [1.807, 2.05) is 12.1 Å². The Morgan fingerprint density at radius 2 is 1.16 bits per heavy atom. The summed E-state index contributed by atoms with van der Waals surface area (Å²) in [6, 6.07) is 17.6. The fraction of sp³-hybridized carbons (Fsp3) is 0.182. The van der Waals surface area contributed by atoms with Crippen LogP contribution >= 0.6 is 11.8 Å². The first-order chi connectivity index (χ1) is 14.9. The molecule has 0 fully saturated rings. The summed E-state index contributed by atoms with van der Waals surface area (Å²) in [6.07, 6.45) is 2.95. The van der Waals surface area contributed by atoms with Gasteiger partial charge in [-0.25, -0.2) is 10.9 Å². The summed E-state index contributed by atoms with van der Waals surface area (Å²) in [6.45, 7) is 3.36. The second-order valence-corrected chi connectivity index (χ2v) is 8.04. The Balaban J connectivity index is 1.77. The van der Waals surface area contributed by atoms with Crippen LogP contribution in [0.2, 0.25) is 0 Å². The highest BCUT2D eigenvalue weighted by Crippen LogP contribution is 2.17. The molecule has 2 rings (SSSR count). The molecule has 2 unspecified atom stereocenters. The van der Waals surface area contributed by atoms with Crippen LogP contribution in [0.5, 0.6) is 0 Å². The Labute approximate surface area is 184 Å². The summed E-state index contributed by atoms with van der Waals surface area (Å²) in [5.41, 5.74) is 7.45. The molecule has 0 spiro atoms. The summed E-state index contributed by atoms with van der Waals surface area (Å²) in [4.78, 5) is 24.3. The zero-order valence-corrected chi connectivity index (χ0v) is 17.8. The van der Waals surface area contributed by atoms with Crippen molar-refractivity contribution in [3.8, 4) is 12.1 Å². The van der Waals surface area contributed by atoms with Crippen LogP contribution in [0.3, 0.4) is 0 Å². The summed E-state index contributed by atoms with van der Waals surface area (Å²) >= 11 is 1.17. The van der Waals surface area contributed by atoms with Gasteiger partial charge < -0.3 is 0 Å². The molecule has 0 radical (unpaired) electrons. The van der Waals surface area contributed by atoms with Crippen molar-refractivity contribution in [2.75, 3.05) is 0 Å². The Kier molecular flexibility index (Phi) is 8.96. The minimum atomic E-state index is -0.513. The van der Waals surface area contributed by atoms with Gasteiger partial charge in [0.1, 0.15) is 0 Å². The molecule has 2 N–H and O–H groups in total. The number of thioether (sulfide) groups is 1. The van der Waals surface area contributed by atoms with Crippen molar-refractivity contribution in [1.82, 2.24) is 10.9 Å². The zero-order chi connectivity index (χ0) is 22.6. The molecule has 0 bridgehead atoms. The van der Waals surface area contributed by atoms with Crippen molar-refractivity contribution in [2.24, 2.45) is 10.2 Å². The van der Waals surface area contributed by atoms with Crippen LogP contribution in [0.1, 0.15) is 36.1 Å². The number of carbonyl (C=O) groups is 2. The smallest absolute Gasteiger partial charge is 0.252 e. The quantitative estimate of drug-likeness (QED) is 0.489. The van der Waals surface area contributed by atoms with Crippen LogP contribution in [0.4, 0.5) is 0 Å². The molecule has 0 aliphatic rings. The van der Waals surface area contributed by atoms with E-state index >= 15 is 0 Å². The lowest BCUT2D eigenvalue weighted by molar-refractivity contribution is -0.120. The van der Waals surface area contributed by atoms with Crippen molar-refractivity contribution < 1.29 is 9.59 Å². The van der Waals surface area contributed by atoms with Crippen LogP contribution < -0.4 is 10.9 Å². The molecular formula is C22H20N6O2S. The Morgan fingerprint density at radius 1 is 0.806 bits per heavy atom. The van der Waals surface area contributed by atoms with Gasteiger partial charge in [0.05, 0.1) is 46.2 Å². The molecule has 9 heteroatoms. The van der Waals surface area contributed by atoms with Crippen molar-refractivity contribution in [1.29, 1.82) is 10.5 Å². The van der Waals surface area contributed by atoms with Crippen molar-refractivity contribution in [2.45, 2.75) is 24.3 Å². The molecule has 0 aliphatic heterocycles. The van der Waals surface area contributed by atoms with E-state index in [1.54, 1.807) is 62.4 Å². The van der Waals surface area contributed by atoms with Gasteiger partial charge in [-0.1, -0.05) is 24.3 Å². The zero-order valence-electron chi connectivity index (χ0n) is 16.9. The number of nitrogens with one attached hydrogen (secondary N) is 2. The van der Waals surface area contributed by atoms with E-state index in [2.05, 4.69) is 21.1 Å². The van der Waals surface area contributed by atoms with Gasteiger partial charge in [0.25, 0.3) is 11.8 Å². The van der Waals surface area contributed by atoms with E-state index in [1.165, 1.54) is 24.2 Å². The maximum absolute atomic E-state index is 12.2. The number of benzene rings is 2. The molecule has 2 aromatic carbocycles. The largest absolute Gasteiger partial charge is 0.272 e. The van der Waals surface area contributed by atoms with Crippen LogP contribution in [0.15, 0.2) is 58.7 Å². The highest BCUT2D eigenvalue weighted by molar-refractivity contribution is 8.01. The fourth-order valence-corrected chi connectivity index (χ4v) is 3.20. The van der Waals surface area contributed by atoms with E-state index in [4.69, 9.17) is 10.5 Å². The molecule has 8 nitrogen and oxygen atoms in total. The highest BCUT2D eigenvalue weighted by atomic mass is 32.2. The standard InChI is InChI=1S/C22H20N6O2S/c1-15(21(29)27-25-13-19-7-3-17(11-23)4-8-19)31-16(2)22(30)28-26-14-20-9-5-18(12-24)6-10-20/h3-10,13-16H,1-2H3,(H,27,29)(H,28,30)/b25-13-,26-14+. The molecular weight excluding hydrogens is 412 g/mol. The molecule has 156 valence electrons. The number of carbonyl (C=O) groups excluding carboxylic acids is 2. The van der Waals surface area contributed by atoms with Gasteiger partial charge in [0.15, 0.2) is 0 Å². The van der Waals surface area contributed by atoms with E-state index < -0.39 is 10.5 Å². The molecule has 31 heavy (non-hydrogen) atoms. The van der Waals surface area contributed by atoms with Crippen molar-refractivity contribution >= 4 is 36.0 Å². The minimum Gasteiger partial charge on any atom is -0.272 e. The van der Waals surface area contributed by atoms with Crippen LogP contribution in [0.25, 0.3) is 0 Å². The number of rotatable bonds is 8. The van der Waals surface area contributed by atoms with E-state index in [-0.39, 0.29) is 11.8 Å². The molecule has 2 atom stereocenters. The van der Waals surface area contributed by atoms with Crippen LogP contribution in [-0.2, 0) is 9.59 Å². The predicted octanol–water partition coefficient (Wildman–Crippen LogP) is 2.54. The number of nitriles is 2. The second-order valence-electron chi connectivity index (χ2n) is 6.36. The van der Waals surface area contributed by atoms with Gasteiger partial charge in [-0.2, -0.15) is 20.7 Å². The number of nitrogens with zero attached hydrogens (tertiary/aromatic N) is 4. The van der Waals surface area contributed by atoms with Crippen LogP contribution in [-0.4, -0.2) is 34.7 Å². The highest BCUT2D eigenvalue weighted by Gasteiger charge is 2.21. The number of hydrogen-bond acceptors (Lipinski definition) is 7. The number of hydrogen-bond donors (Lipinski definition) is 2. The van der Waals surface area contributed by atoms with Crippen LogP contribution in [0, 0.1) is 22.7 Å². The number of hydrazone groups is 2. The van der Waals surface area contributed by atoms with Crippen molar-refractivity contribution in [3.63, 3.8) is 0 Å². The first-order valence-electron chi connectivity index (χ1n) is 9.24. The Morgan fingerprint density at radius 3 is 1.48 bits per heavy atom. The molecule has 0 heterocycles. The van der Waals surface area contributed by atoms with Gasteiger partial charge in [0, 0.05) is 0 Å². The van der Waals surface area contributed by atoms with Gasteiger partial charge >= 0.3 is 0 Å². The van der Waals surface area contributed by atoms with Gasteiger partial charge in [0.2, 0.25) is 0 Å². The summed E-state index contributed by atoms with van der Waals surface area (Å²) < 4.78 is 0. The predicted molar refractivity (Wildman–Crippen MR) is 120 cm³/mol. The summed E-state index contributed by atoms with van der Waals surface area (Å²) in [7, 11) is 0. The maximum Gasteiger partial charge on any atom is 0.252 e. The lowest BCUT2D eigenvalue weighted by Crippen LogP contribution is -2.33. The molecule has 0 saturated heterocycles. The maximum atomic E-state index is 12.2. The Hall–Kier alpha value is -3.95. The monoisotopic (exact) mass is 432 g/mol. The van der Waals surface area contributed by atoms with Gasteiger partial charge in [-0.15, -0.1) is 11.8 Å². The average Bonchev–Trinajstić information content (AvgIpc) is 2.79. The van der Waals surface area contributed by atoms with E-state index in [0.717, 1.165) is 11.1 Å². The first-order valence-corrected chi connectivity index (χ1v) is 10.2. The third-order valence-electron chi connectivity index (χ3n) is 4.00. The normalized spacial score (nSPS) is 12.6. The Bertz CT molecular complexity index is 964. The first kappa shape index (κ1) is 23.3. The van der Waals surface area contributed by atoms with E-state index in [0.29, 0.717) is 11.1 Å². The minimum absolute atomic E-state index is 0.337. The molecule has 2 amide bonds. The summed E-state index contributed by atoms with van der Waals surface area (Å²) in [5.74, 6) is -0.675. The molecule has 0 aliphatic carbocycles. The van der Waals surface area contributed by atoms with E-state index in [9.17, 15) is 9.59 Å². The fourth-order valence-electron chi connectivity index (χ4n) is 2.24. The summed E-state index contributed by atoms with van der Waals surface area (Å²) in [5, 5.41) is 24.3. The second kappa shape index (κ2) is 11.9. The molecule has 0 aromatic heterocycles. The third-order valence-corrected chi connectivity index (χ3v) is 5.25. The lowest BCUT2D eigenvalue weighted by atomic mass is 10.2. The third kappa shape index (κ3) is 7.77. The molecule has 2 aromatic rings. The van der Waals surface area contributed by atoms with Gasteiger partial charge in [-0.05, 0) is 49.2 Å².